The van der Waals surface area contributed by atoms with Gasteiger partial charge in [0.15, 0.2) is 0 Å². The molecule has 7 heteroatoms. The largest absolute Gasteiger partial charge is 0.481 e. The lowest BCUT2D eigenvalue weighted by Crippen LogP contribution is -2.10. The van der Waals surface area contributed by atoms with Crippen molar-refractivity contribution in [2.45, 2.75) is 13.0 Å². The lowest BCUT2D eigenvalue weighted by molar-refractivity contribution is 0.372. The first-order valence-electron chi connectivity index (χ1n) is 6.22. The zero-order valence-electron chi connectivity index (χ0n) is 11.9. The van der Waals surface area contributed by atoms with Crippen LogP contribution in [0.1, 0.15) is 18.5 Å². The molecule has 2 aromatic rings. The molecular formula is C14H15Cl2N3O2. The normalized spacial score (nSPS) is 11.9. The average Bonchev–Trinajstić information content (AvgIpc) is 2.46. The molecule has 0 fully saturated rings. The van der Waals surface area contributed by atoms with Crippen molar-refractivity contribution in [1.82, 2.24) is 9.97 Å². The molecule has 1 atom stereocenters. The minimum atomic E-state index is -0.105. The third-order valence-corrected chi connectivity index (χ3v) is 3.43. The third kappa shape index (κ3) is 3.89. The Hall–Kier alpha value is -1.72. The molecule has 112 valence electrons. The highest BCUT2D eigenvalue weighted by atomic mass is 35.5. The van der Waals surface area contributed by atoms with Crippen LogP contribution in [0, 0.1) is 0 Å². The van der Waals surface area contributed by atoms with Gasteiger partial charge in [0.2, 0.25) is 17.7 Å². The molecule has 1 N–H and O–H groups in total. The minimum Gasteiger partial charge on any atom is -0.481 e. The van der Waals surface area contributed by atoms with Crippen LogP contribution in [0.5, 0.6) is 11.8 Å². The van der Waals surface area contributed by atoms with Crippen LogP contribution in [0.2, 0.25) is 10.0 Å². The molecule has 1 aromatic carbocycles. The summed E-state index contributed by atoms with van der Waals surface area (Å²) in [6.07, 6.45) is 0. The number of hydrogen-bond donors (Lipinski definition) is 1. The van der Waals surface area contributed by atoms with Gasteiger partial charge in [-0.15, -0.1) is 0 Å². The Labute approximate surface area is 133 Å². The molecule has 1 heterocycles. The highest BCUT2D eigenvalue weighted by Gasteiger charge is 2.13. The summed E-state index contributed by atoms with van der Waals surface area (Å²) in [7, 11) is 3.07. The summed E-state index contributed by atoms with van der Waals surface area (Å²) in [6.45, 7) is 1.95. The van der Waals surface area contributed by atoms with E-state index in [9.17, 15) is 0 Å². The van der Waals surface area contributed by atoms with E-state index in [4.69, 9.17) is 32.7 Å². The SMILES string of the molecule is COc1cc(OC)nc(NC(C)c2ccc(Cl)cc2Cl)n1. The predicted octanol–water partition coefficient (Wildman–Crippen LogP) is 3.97. The summed E-state index contributed by atoms with van der Waals surface area (Å²) in [5.41, 5.74) is 0.895. The molecule has 1 aromatic heterocycles. The Bertz CT molecular complexity index is 615. The van der Waals surface area contributed by atoms with Crippen molar-refractivity contribution in [3.63, 3.8) is 0 Å². The van der Waals surface area contributed by atoms with Crippen molar-refractivity contribution in [3.8, 4) is 11.8 Å². The molecule has 0 bridgehead atoms. The molecule has 21 heavy (non-hydrogen) atoms. The smallest absolute Gasteiger partial charge is 0.229 e. The molecule has 0 aliphatic rings. The van der Waals surface area contributed by atoms with Gasteiger partial charge in [0, 0.05) is 10.0 Å². The van der Waals surface area contributed by atoms with E-state index in [-0.39, 0.29) is 6.04 Å². The van der Waals surface area contributed by atoms with Gasteiger partial charge in [0.05, 0.1) is 26.3 Å². The van der Waals surface area contributed by atoms with Gasteiger partial charge in [-0.25, -0.2) is 0 Å². The number of nitrogens with zero attached hydrogens (tertiary/aromatic N) is 2. The molecule has 1 unspecified atom stereocenters. The number of anilines is 1. The maximum absolute atomic E-state index is 6.19. The van der Waals surface area contributed by atoms with Crippen molar-refractivity contribution in [2.75, 3.05) is 19.5 Å². The highest BCUT2D eigenvalue weighted by molar-refractivity contribution is 6.35. The number of nitrogens with one attached hydrogen (secondary N) is 1. The molecule has 0 aliphatic carbocycles. The van der Waals surface area contributed by atoms with Gasteiger partial charge < -0.3 is 14.8 Å². The second-order valence-electron chi connectivity index (χ2n) is 4.31. The van der Waals surface area contributed by atoms with Crippen molar-refractivity contribution >= 4 is 29.2 Å². The lowest BCUT2D eigenvalue weighted by atomic mass is 10.1. The van der Waals surface area contributed by atoms with Crippen LogP contribution in [0.25, 0.3) is 0 Å². The lowest BCUT2D eigenvalue weighted by Gasteiger charge is -2.16. The zero-order valence-corrected chi connectivity index (χ0v) is 13.4. The highest BCUT2D eigenvalue weighted by Crippen LogP contribution is 2.28. The quantitative estimate of drug-likeness (QED) is 0.900. The van der Waals surface area contributed by atoms with E-state index < -0.39 is 0 Å². The predicted molar refractivity (Wildman–Crippen MR) is 83.6 cm³/mol. The number of halogens is 2. The number of aromatic nitrogens is 2. The molecule has 0 saturated heterocycles. The zero-order chi connectivity index (χ0) is 15.4. The van der Waals surface area contributed by atoms with Gasteiger partial charge in [-0.1, -0.05) is 29.3 Å². The van der Waals surface area contributed by atoms with Crippen molar-refractivity contribution in [2.24, 2.45) is 0 Å². The topological polar surface area (TPSA) is 56.3 Å². The van der Waals surface area contributed by atoms with E-state index in [1.165, 1.54) is 14.2 Å². The molecule has 0 saturated carbocycles. The Balaban J connectivity index is 2.24. The minimum absolute atomic E-state index is 0.105. The van der Waals surface area contributed by atoms with Crippen LogP contribution in [-0.2, 0) is 0 Å². The fourth-order valence-electron chi connectivity index (χ4n) is 1.80. The van der Waals surface area contributed by atoms with Gasteiger partial charge in [-0.2, -0.15) is 9.97 Å². The number of ether oxygens (including phenoxy) is 2. The second kappa shape index (κ2) is 6.83. The van der Waals surface area contributed by atoms with E-state index in [1.807, 2.05) is 13.0 Å². The maximum atomic E-state index is 6.19. The van der Waals surface area contributed by atoms with E-state index in [1.54, 1.807) is 18.2 Å². The Morgan fingerprint density at radius 3 is 2.19 bits per heavy atom. The number of benzene rings is 1. The summed E-state index contributed by atoms with van der Waals surface area (Å²) >= 11 is 12.1. The first kappa shape index (κ1) is 15.7. The molecule has 0 spiro atoms. The van der Waals surface area contributed by atoms with E-state index in [0.29, 0.717) is 27.8 Å². The van der Waals surface area contributed by atoms with Gasteiger partial charge in [-0.05, 0) is 24.6 Å². The van der Waals surface area contributed by atoms with E-state index in [2.05, 4.69) is 15.3 Å². The summed E-state index contributed by atoms with van der Waals surface area (Å²) in [4.78, 5) is 8.44. The maximum Gasteiger partial charge on any atom is 0.229 e. The average molecular weight is 328 g/mol. The van der Waals surface area contributed by atoms with E-state index >= 15 is 0 Å². The molecule has 0 aliphatic heterocycles. The first-order valence-corrected chi connectivity index (χ1v) is 6.97. The van der Waals surface area contributed by atoms with Crippen molar-refractivity contribution in [3.05, 3.63) is 39.9 Å². The molecule has 2 rings (SSSR count). The Kier molecular flexibility index (Phi) is 5.09. The first-order chi connectivity index (χ1) is 10.0. The van der Waals surface area contributed by atoms with Gasteiger partial charge >= 0.3 is 0 Å². The Morgan fingerprint density at radius 1 is 1.05 bits per heavy atom. The van der Waals surface area contributed by atoms with Crippen LogP contribution in [0.4, 0.5) is 5.95 Å². The van der Waals surface area contributed by atoms with Crippen molar-refractivity contribution in [1.29, 1.82) is 0 Å². The fourth-order valence-corrected chi connectivity index (χ4v) is 2.37. The molecular weight excluding hydrogens is 313 g/mol. The Morgan fingerprint density at radius 2 is 1.67 bits per heavy atom. The van der Waals surface area contributed by atoms with Crippen LogP contribution in [0.3, 0.4) is 0 Å². The molecule has 5 nitrogen and oxygen atoms in total. The second-order valence-corrected chi connectivity index (χ2v) is 5.15. The third-order valence-electron chi connectivity index (χ3n) is 2.87. The van der Waals surface area contributed by atoms with Crippen LogP contribution < -0.4 is 14.8 Å². The van der Waals surface area contributed by atoms with E-state index in [0.717, 1.165) is 5.56 Å². The van der Waals surface area contributed by atoms with Gasteiger partial charge in [0.1, 0.15) is 0 Å². The summed E-state index contributed by atoms with van der Waals surface area (Å²) in [5, 5.41) is 4.33. The number of hydrogen-bond acceptors (Lipinski definition) is 5. The monoisotopic (exact) mass is 327 g/mol. The molecule has 0 amide bonds. The van der Waals surface area contributed by atoms with Crippen LogP contribution >= 0.6 is 23.2 Å². The fraction of sp³-hybridized carbons (Fsp3) is 0.286. The summed E-state index contributed by atoms with van der Waals surface area (Å²) < 4.78 is 10.2. The van der Waals surface area contributed by atoms with Crippen LogP contribution in [-0.4, -0.2) is 24.2 Å². The van der Waals surface area contributed by atoms with Crippen LogP contribution in [0.15, 0.2) is 24.3 Å². The van der Waals surface area contributed by atoms with Crippen molar-refractivity contribution < 1.29 is 9.47 Å². The van der Waals surface area contributed by atoms with Gasteiger partial charge in [0.25, 0.3) is 0 Å². The standard InChI is InChI=1S/C14H15Cl2N3O2/c1-8(10-5-4-9(15)6-11(10)16)17-14-18-12(20-2)7-13(19-14)21-3/h4-8H,1-3H3,(H,17,18,19). The molecule has 0 radical (unpaired) electrons. The number of methoxy groups -OCH3 is 2. The number of rotatable bonds is 5. The summed E-state index contributed by atoms with van der Waals surface area (Å²) in [6, 6.07) is 6.84. The summed E-state index contributed by atoms with van der Waals surface area (Å²) in [5.74, 6) is 1.22. The van der Waals surface area contributed by atoms with Gasteiger partial charge in [-0.3, -0.25) is 0 Å².